The van der Waals surface area contributed by atoms with Crippen LogP contribution in [0.3, 0.4) is 0 Å². The Hall–Kier alpha value is -3.03. The predicted molar refractivity (Wildman–Crippen MR) is 123 cm³/mol. The first-order valence-electron chi connectivity index (χ1n) is 10.8. The van der Waals surface area contributed by atoms with Gasteiger partial charge in [0.05, 0.1) is 37.4 Å². The molecule has 2 heterocycles. The highest BCUT2D eigenvalue weighted by Crippen LogP contribution is 2.32. The standard InChI is InChI=1S/C25H29NO6/c1-16-13-26(14-17(2)32-16)9-10-30-19-6-7-20-23(12-19)31-15-21(25(20)27)18-5-8-22(28-3)24(11-18)29-4/h5-8,11-12,15-17H,9-10,13-14H2,1-4H3/t16-,17-/m0/s1. The molecule has 0 radical (unpaired) electrons. The van der Waals surface area contributed by atoms with Gasteiger partial charge in [-0.3, -0.25) is 9.69 Å². The number of benzene rings is 2. The van der Waals surface area contributed by atoms with Crippen LogP contribution in [-0.2, 0) is 4.74 Å². The summed E-state index contributed by atoms with van der Waals surface area (Å²) >= 11 is 0. The first-order valence-corrected chi connectivity index (χ1v) is 10.8. The van der Waals surface area contributed by atoms with Crippen molar-refractivity contribution < 1.29 is 23.4 Å². The van der Waals surface area contributed by atoms with Crippen LogP contribution in [0, 0.1) is 0 Å². The molecule has 1 saturated heterocycles. The Kier molecular flexibility index (Phi) is 6.67. The summed E-state index contributed by atoms with van der Waals surface area (Å²) in [5, 5.41) is 0.500. The van der Waals surface area contributed by atoms with Crippen molar-refractivity contribution >= 4 is 11.0 Å². The van der Waals surface area contributed by atoms with Crippen LogP contribution in [0.1, 0.15) is 13.8 Å². The molecule has 0 N–H and O–H groups in total. The third-order valence-electron chi connectivity index (χ3n) is 5.61. The molecular formula is C25H29NO6. The van der Waals surface area contributed by atoms with Crippen LogP contribution in [-0.4, -0.2) is 57.6 Å². The molecule has 2 aromatic carbocycles. The minimum absolute atomic E-state index is 0.110. The summed E-state index contributed by atoms with van der Waals surface area (Å²) in [4.78, 5) is 15.4. The maximum atomic E-state index is 13.1. The number of nitrogens with zero attached hydrogens (tertiary/aromatic N) is 1. The number of fused-ring (bicyclic) bond motifs is 1. The van der Waals surface area contributed by atoms with Crippen molar-refractivity contribution in [1.82, 2.24) is 4.90 Å². The summed E-state index contributed by atoms with van der Waals surface area (Å²) in [7, 11) is 3.13. The fourth-order valence-corrected chi connectivity index (χ4v) is 4.16. The van der Waals surface area contributed by atoms with E-state index >= 15 is 0 Å². The number of hydrogen-bond donors (Lipinski definition) is 0. The largest absolute Gasteiger partial charge is 0.493 e. The molecule has 7 nitrogen and oxygen atoms in total. The Morgan fingerprint density at radius 2 is 1.75 bits per heavy atom. The normalized spacial score (nSPS) is 19.1. The SMILES string of the molecule is COc1ccc(-c2coc3cc(OCCN4C[C@H](C)O[C@@H](C)C4)ccc3c2=O)cc1OC. The van der Waals surface area contributed by atoms with Gasteiger partial charge in [-0.05, 0) is 43.7 Å². The van der Waals surface area contributed by atoms with E-state index in [1.165, 1.54) is 6.26 Å². The van der Waals surface area contributed by atoms with Crippen LogP contribution in [0.25, 0.3) is 22.1 Å². The lowest BCUT2D eigenvalue weighted by molar-refractivity contribution is -0.0699. The summed E-state index contributed by atoms with van der Waals surface area (Å²) in [6, 6.07) is 10.7. The average Bonchev–Trinajstić information content (AvgIpc) is 2.78. The van der Waals surface area contributed by atoms with Crippen molar-refractivity contribution in [3.8, 4) is 28.4 Å². The molecule has 0 saturated carbocycles. The van der Waals surface area contributed by atoms with Crippen LogP contribution in [0.15, 0.2) is 51.9 Å². The van der Waals surface area contributed by atoms with Crippen molar-refractivity contribution in [2.45, 2.75) is 26.1 Å². The number of morpholine rings is 1. The van der Waals surface area contributed by atoms with Crippen molar-refractivity contribution in [2.75, 3.05) is 40.5 Å². The van der Waals surface area contributed by atoms with E-state index < -0.39 is 0 Å². The van der Waals surface area contributed by atoms with Gasteiger partial charge >= 0.3 is 0 Å². The minimum atomic E-state index is -0.110. The quantitative estimate of drug-likeness (QED) is 0.552. The Morgan fingerprint density at radius 1 is 1.00 bits per heavy atom. The van der Waals surface area contributed by atoms with Crippen LogP contribution < -0.4 is 19.6 Å². The number of ether oxygens (including phenoxy) is 4. The zero-order valence-electron chi connectivity index (χ0n) is 18.9. The van der Waals surface area contributed by atoms with Gasteiger partial charge in [-0.2, -0.15) is 0 Å². The Bertz CT molecular complexity index is 1130. The van der Waals surface area contributed by atoms with E-state index in [9.17, 15) is 4.79 Å². The van der Waals surface area contributed by atoms with Crippen molar-refractivity contribution in [3.05, 3.63) is 52.9 Å². The van der Waals surface area contributed by atoms with Gasteiger partial charge in [0.25, 0.3) is 0 Å². The molecule has 0 unspecified atom stereocenters. The maximum Gasteiger partial charge on any atom is 0.200 e. The molecule has 1 aliphatic rings. The first kappa shape index (κ1) is 22.2. The van der Waals surface area contributed by atoms with E-state index in [1.807, 2.05) is 12.1 Å². The molecule has 0 amide bonds. The Balaban J connectivity index is 1.49. The average molecular weight is 440 g/mol. The molecule has 2 atom stereocenters. The minimum Gasteiger partial charge on any atom is -0.493 e. The second-order valence-electron chi connectivity index (χ2n) is 8.07. The van der Waals surface area contributed by atoms with Gasteiger partial charge in [-0.1, -0.05) is 6.07 Å². The molecule has 4 rings (SSSR count). The van der Waals surface area contributed by atoms with Gasteiger partial charge in [0.15, 0.2) is 16.9 Å². The zero-order chi connectivity index (χ0) is 22.7. The third kappa shape index (κ3) is 4.74. The summed E-state index contributed by atoms with van der Waals surface area (Å²) < 4.78 is 28.1. The topological polar surface area (TPSA) is 70.4 Å². The molecule has 7 heteroatoms. The molecule has 32 heavy (non-hydrogen) atoms. The van der Waals surface area contributed by atoms with Crippen LogP contribution in [0.4, 0.5) is 0 Å². The van der Waals surface area contributed by atoms with E-state index in [0.29, 0.717) is 46.0 Å². The second kappa shape index (κ2) is 9.63. The van der Waals surface area contributed by atoms with Crippen LogP contribution in [0.2, 0.25) is 0 Å². The van der Waals surface area contributed by atoms with Crippen LogP contribution >= 0.6 is 0 Å². The highest BCUT2D eigenvalue weighted by molar-refractivity contribution is 5.83. The molecule has 1 aromatic heterocycles. The fourth-order valence-electron chi connectivity index (χ4n) is 4.16. The summed E-state index contributed by atoms with van der Waals surface area (Å²) in [6.45, 7) is 7.35. The molecule has 0 spiro atoms. The number of hydrogen-bond acceptors (Lipinski definition) is 7. The van der Waals surface area contributed by atoms with Gasteiger partial charge < -0.3 is 23.4 Å². The predicted octanol–water partition coefficient (Wildman–Crippen LogP) is 3.97. The third-order valence-corrected chi connectivity index (χ3v) is 5.61. The van der Waals surface area contributed by atoms with Crippen LogP contribution in [0.5, 0.6) is 17.2 Å². The number of rotatable bonds is 7. The first-order chi connectivity index (χ1) is 15.5. The molecule has 1 aliphatic heterocycles. The van der Waals surface area contributed by atoms with Gasteiger partial charge in [0.1, 0.15) is 24.2 Å². The highest BCUT2D eigenvalue weighted by atomic mass is 16.5. The molecule has 1 fully saturated rings. The summed E-state index contributed by atoms with van der Waals surface area (Å²) in [5.41, 5.74) is 1.54. The van der Waals surface area contributed by atoms with E-state index in [1.54, 1.807) is 38.5 Å². The smallest absolute Gasteiger partial charge is 0.200 e. The van der Waals surface area contributed by atoms with Crippen molar-refractivity contribution in [3.63, 3.8) is 0 Å². The molecular weight excluding hydrogens is 410 g/mol. The second-order valence-corrected chi connectivity index (χ2v) is 8.07. The lowest BCUT2D eigenvalue weighted by Crippen LogP contribution is -2.46. The Morgan fingerprint density at radius 3 is 2.47 bits per heavy atom. The zero-order valence-corrected chi connectivity index (χ0v) is 18.9. The van der Waals surface area contributed by atoms with E-state index in [2.05, 4.69) is 18.7 Å². The fraction of sp³-hybridized carbons (Fsp3) is 0.400. The van der Waals surface area contributed by atoms with E-state index in [0.717, 1.165) is 19.6 Å². The molecule has 0 aliphatic carbocycles. The lowest BCUT2D eigenvalue weighted by Gasteiger charge is -2.35. The molecule has 170 valence electrons. The summed E-state index contributed by atoms with van der Waals surface area (Å²) in [5.74, 6) is 1.83. The van der Waals surface area contributed by atoms with E-state index in [4.69, 9.17) is 23.4 Å². The molecule has 0 bridgehead atoms. The van der Waals surface area contributed by atoms with Gasteiger partial charge in [-0.15, -0.1) is 0 Å². The molecule has 3 aromatic rings. The van der Waals surface area contributed by atoms with Gasteiger partial charge in [-0.25, -0.2) is 0 Å². The van der Waals surface area contributed by atoms with Gasteiger partial charge in [0, 0.05) is 25.7 Å². The maximum absolute atomic E-state index is 13.1. The Labute approximate surface area is 187 Å². The van der Waals surface area contributed by atoms with E-state index in [-0.39, 0.29) is 17.6 Å². The van der Waals surface area contributed by atoms with Crippen molar-refractivity contribution in [2.24, 2.45) is 0 Å². The van der Waals surface area contributed by atoms with Crippen molar-refractivity contribution in [1.29, 1.82) is 0 Å². The van der Waals surface area contributed by atoms with Gasteiger partial charge in [0.2, 0.25) is 0 Å². The monoisotopic (exact) mass is 439 g/mol. The lowest BCUT2D eigenvalue weighted by atomic mass is 10.0. The highest BCUT2D eigenvalue weighted by Gasteiger charge is 2.21. The summed E-state index contributed by atoms with van der Waals surface area (Å²) in [6.07, 6.45) is 1.94. The number of methoxy groups -OCH3 is 2.